The van der Waals surface area contributed by atoms with E-state index < -0.39 is 0 Å². The summed E-state index contributed by atoms with van der Waals surface area (Å²) >= 11 is 0. The summed E-state index contributed by atoms with van der Waals surface area (Å²) < 4.78 is 2.01. The number of aromatic nitrogens is 2. The van der Waals surface area contributed by atoms with Crippen LogP contribution in [-0.4, -0.2) is 15.8 Å². The van der Waals surface area contributed by atoms with Crippen molar-refractivity contribution in [1.82, 2.24) is 15.1 Å². The summed E-state index contributed by atoms with van der Waals surface area (Å²) in [6, 6.07) is 1.02. The topological polar surface area (TPSA) is 29.9 Å². The smallest absolute Gasteiger partial charge is 0.0534 e. The van der Waals surface area contributed by atoms with Crippen molar-refractivity contribution in [2.75, 3.05) is 0 Å². The molecule has 0 aliphatic carbocycles. The maximum absolute atomic E-state index is 4.35. The quantitative estimate of drug-likeness (QED) is 0.788. The lowest BCUT2D eigenvalue weighted by Crippen LogP contribution is -2.27. The van der Waals surface area contributed by atoms with Crippen molar-refractivity contribution in [3.8, 4) is 0 Å². The highest BCUT2D eigenvalue weighted by Crippen LogP contribution is 2.10. The van der Waals surface area contributed by atoms with Crippen LogP contribution in [0.3, 0.4) is 0 Å². The summed E-state index contributed by atoms with van der Waals surface area (Å²) in [5.74, 6) is 0.802. The Hall–Kier alpha value is -0.830. The number of rotatable bonds is 7. The standard InChI is InChI=1S/C14H27N3/c1-6-12(4)7-13(5)15-8-14-9-16-17(10-14)11(2)3/h9-13,15H,6-8H2,1-5H3. The summed E-state index contributed by atoms with van der Waals surface area (Å²) in [5.41, 5.74) is 1.27. The summed E-state index contributed by atoms with van der Waals surface area (Å²) in [6.45, 7) is 12.0. The molecule has 1 heterocycles. The molecule has 0 spiro atoms. The number of hydrogen-bond acceptors (Lipinski definition) is 2. The van der Waals surface area contributed by atoms with E-state index in [1.807, 2.05) is 10.9 Å². The molecule has 0 amide bonds. The minimum absolute atomic E-state index is 0.446. The van der Waals surface area contributed by atoms with E-state index in [-0.39, 0.29) is 0 Å². The second-order valence-electron chi connectivity index (χ2n) is 5.45. The zero-order valence-corrected chi connectivity index (χ0v) is 11.9. The van der Waals surface area contributed by atoms with Gasteiger partial charge < -0.3 is 5.32 Å². The fourth-order valence-corrected chi connectivity index (χ4v) is 1.90. The van der Waals surface area contributed by atoms with Crippen molar-refractivity contribution in [3.63, 3.8) is 0 Å². The molecule has 1 rings (SSSR count). The van der Waals surface area contributed by atoms with Gasteiger partial charge in [-0.2, -0.15) is 5.10 Å². The average Bonchev–Trinajstić information content (AvgIpc) is 2.75. The fourth-order valence-electron chi connectivity index (χ4n) is 1.90. The van der Waals surface area contributed by atoms with Crippen molar-refractivity contribution in [2.24, 2.45) is 5.92 Å². The molecule has 2 atom stereocenters. The molecular weight excluding hydrogens is 210 g/mol. The first-order valence-electron chi connectivity index (χ1n) is 6.79. The highest BCUT2D eigenvalue weighted by atomic mass is 15.3. The van der Waals surface area contributed by atoms with Gasteiger partial charge in [0.1, 0.15) is 0 Å². The van der Waals surface area contributed by atoms with Crippen LogP contribution in [0.1, 0.15) is 59.1 Å². The molecule has 0 bridgehead atoms. The van der Waals surface area contributed by atoms with Gasteiger partial charge in [-0.15, -0.1) is 0 Å². The highest BCUT2D eigenvalue weighted by Gasteiger charge is 2.07. The van der Waals surface area contributed by atoms with Crippen molar-refractivity contribution >= 4 is 0 Å². The van der Waals surface area contributed by atoms with E-state index in [9.17, 15) is 0 Å². The van der Waals surface area contributed by atoms with Gasteiger partial charge in [0.25, 0.3) is 0 Å². The molecule has 3 heteroatoms. The van der Waals surface area contributed by atoms with E-state index in [1.165, 1.54) is 18.4 Å². The van der Waals surface area contributed by atoms with Crippen LogP contribution in [0.2, 0.25) is 0 Å². The van der Waals surface area contributed by atoms with Crippen molar-refractivity contribution in [1.29, 1.82) is 0 Å². The van der Waals surface area contributed by atoms with Crippen LogP contribution in [0.15, 0.2) is 12.4 Å². The van der Waals surface area contributed by atoms with Gasteiger partial charge in [0.2, 0.25) is 0 Å². The predicted octanol–water partition coefficient (Wildman–Crippen LogP) is 3.38. The van der Waals surface area contributed by atoms with Crippen LogP contribution < -0.4 is 5.32 Å². The third-order valence-corrected chi connectivity index (χ3v) is 3.29. The fraction of sp³-hybridized carbons (Fsp3) is 0.786. The van der Waals surface area contributed by atoms with Crippen LogP contribution in [0.25, 0.3) is 0 Å². The Morgan fingerprint density at radius 2 is 2.00 bits per heavy atom. The Kier molecular flexibility index (Phi) is 5.69. The first-order valence-corrected chi connectivity index (χ1v) is 6.79. The van der Waals surface area contributed by atoms with E-state index in [2.05, 4.69) is 51.2 Å². The SMILES string of the molecule is CCC(C)CC(C)NCc1cnn(C(C)C)c1. The zero-order chi connectivity index (χ0) is 12.8. The summed E-state index contributed by atoms with van der Waals surface area (Å²) in [6.07, 6.45) is 6.60. The lowest BCUT2D eigenvalue weighted by atomic mass is 10.0. The molecule has 0 aromatic carbocycles. The van der Waals surface area contributed by atoms with Crippen LogP contribution in [0, 0.1) is 5.92 Å². The van der Waals surface area contributed by atoms with E-state index in [1.54, 1.807) is 0 Å². The second kappa shape index (κ2) is 6.80. The van der Waals surface area contributed by atoms with Crippen molar-refractivity contribution in [3.05, 3.63) is 18.0 Å². The van der Waals surface area contributed by atoms with E-state index >= 15 is 0 Å². The van der Waals surface area contributed by atoms with Crippen LogP contribution >= 0.6 is 0 Å². The Morgan fingerprint density at radius 1 is 1.29 bits per heavy atom. The molecule has 1 aromatic heterocycles. The van der Waals surface area contributed by atoms with Gasteiger partial charge in [0.15, 0.2) is 0 Å². The van der Waals surface area contributed by atoms with E-state index in [0.717, 1.165) is 12.5 Å². The zero-order valence-electron chi connectivity index (χ0n) is 11.9. The molecule has 0 aliphatic heterocycles. The minimum Gasteiger partial charge on any atom is -0.310 e. The second-order valence-corrected chi connectivity index (χ2v) is 5.45. The minimum atomic E-state index is 0.446. The van der Waals surface area contributed by atoms with Crippen molar-refractivity contribution < 1.29 is 0 Å². The van der Waals surface area contributed by atoms with Gasteiger partial charge >= 0.3 is 0 Å². The average molecular weight is 237 g/mol. The first-order chi connectivity index (χ1) is 8.02. The van der Waals surface area contributed by atoms with Crippen LogP contribution in [-0.2, 0) is 6.54 Å². The van der Waals surface area contributed by atoms with Crippen LogP contribution in [0.5, 0.6) is 0 Å². The van der Waals surface area contributed by atoms with Gasteiger partial charge in [-0.05, 0) is 33.1 Å². The Morgan fingerprint density at radius 3 is 2.53 bits per heavy atom. The Balaban J connectivity index is 2.34. The molecule has 17 heavy (non-hydrogen) atoms. The maximum Gasteiger partial charge on any atom is 0.0534 e. The largest absolute Gasteiger partial charge is 0.310 e. The lowest BCUT2D eigenvalue weighted by molar-refractivity contribution is 0.412. The molecule has 0 radical (unpaired) electrons. The molecule has 1 N–H and O–H groups in total. The third-order valence-electron chi connectivity index (χ3n) is 3.29. The summed E-state index contributed by atoms with van der Waals surface area (Å²) in [7, 11) is 0. The van der Waals surface area contributed by atoms with Gasteiger partial charge in [-0.25, -0.2) is 0 Å². The summed E-state index contributed by atoms with van der Waals surface area (Å²) in [5, 5.41) is 7.91. The maximum atomic E-state index is 4.35. The van der Waals surface area contributed by atoms with Gasteiger partial charge in [0.05, 0.1) is 6.20 Å². The number of nitrogens with one attached hydrogen (secondary N) is 1. The highest BCUT2D eigenvalue weighted by molar-refractivity contribution is 5.04. The molecular formula is C14H27N3. The molecule has 0 saturated carbocycles. The predicted molar refractivity (Wildman–Crippen MR) is 73.0 cm³/mol. The van der Waals surface area contributed by atoms with E-state index in [0.29, 0.717) is 12.1 Å². The number of nitrogens with zero attached hydrogens (tertiary/aromatic N) is 2. The molecule has 3 nitrogen and oxygen atoms in total. The van der Waals surface area contributed by atoms with E-state index in [4.69, 9.17) is 0 Å². The first kappa shape index (κ1) is 14.2. The lowest BCUT2D eigenvalue weighted by Gasteiger charge is -2.16. The Labute approximate surface area is 106 Å². The molecule has 0 aliphatic rings. The molecule has 98 valence electrons. The monoisotopic (exact) mass is 237 g/mol. The van der Waals surface area contributed by atoms with Gasteiger partial charge in [-0.1, -0.05) is 20.3 Å². The molecule has 1 aromatic rings. The molecule has 0 saturated heterocycles. The van der Waals surface area contributed by atoms with Crippen molar-refractivity contribution in [2.45, 2.75) is 66.1 Å². The Bertz CT molecular complexity index is 317. The normalized spacial score (nSPS) is 15.2. The summed E-state index contributed by atoms with van der Waals surface area (Å²) in [4.78, 5) is 0. The third kappa shape index (κ3) is 4.90. The molecule has 2 unspecified atom stereocenters. The number of hydrogen-bond donors (Lipinski definition) is 1. The van der Waals surface area contributed by atoms with Gasteiger partial charge in [0, 0.05) is 30.4 Å². The van der Waals surface area contributed by atoms with Gasteiger partial charge in [-0.3, -0.25) is 4.68 Å². The molecule has 0 fully saturated rings. The van der Waals surface area contributed by atoms with Crippen LogP contribution in [0.4, 0.5) is 0 Å².